The minimum Gasteiger partial charge on any atom is -0.351 e. The second-order valence-electron chi connectivity index (χ2n) is 8.04. The molecule has 8 heteroatoms. The zero-order chi connectivity index (χ0) is 23.8. The molecule has 1 aromatic heterocycles. The Bertz CT molecular complexity index is 1420. The molecule has 5 rings (SSSR count). The van der Waals surface area contributed by atoms with Crippen molar-refractivity contribution < 1.29 is 8.91 Å². The number of benzene rings is 3. The fourth-order valence-corrected chi connectivity index (χ4v) is 4.57. The Balaban J connectivity index is 1.66. The van der Waals surface area contributed by atoms with Crippen LogP contribution in [0, 0.1) is 12.7 Å². The summed E-state index contributed by atoms with van der Waals surface area (Å²) >= 11 is 11.9. The molecular weight excluding hydrogens is 471 g/mol. The molecular formula is C26H20ClFN4OS. The summed E-state index contributed by atoms with van der Waals surface area (Å²) in [6.07, 6.45) is 0. The van der Waals surface area contributed by atoms with Crippen molar-refractivity contribution in [2.45, 2.75) is 19.9 Å². The van der Waals surface area contributed by atoms with Gasteiger partial charge in [0.05, 0.1) is 11.6 Å². The monoisotopic (exact) mass is 490 g/mol. The summed E-state index contributed by atoms with van der Waals surface area (Å²) in [5.41, 5.74) is 5.13. The molecule has 3 aromatic carbocycles. The number of hydrogen-bond donors (Lipinski definition) is 1. The summed E-state index contributed by atoms with van der Waals surface area (Å²) in [7, 11) is 0. The molecule has 2 heterocycles. The average molecular weight is 491 g/mol. The Hall–Kier alpha value is -3.55. The van der Waals surface area contributed by atoms with E-state index < -0.39 is 0 Å². The number of hydrogen-bond acceptors (Lipinski definition) is 4. The van der Waals surface area contributed by atoms with Crippen molar-refractivity contribution in [1.82, 2.24) is 15.5 Å². The predicted octanol–water partition coefficient (Wildman–Crippen LogP) is 6.70. The van der Waals surface area contributed by atoms with Crippen LogP contribution in [0.2, 0.25) is 5.02 Å². The number of allylic oxidation sites excluding steroid dienone is 1. The van der Waals surface area contributed by atoms with Crippen LogP contribution in [-0.4, -0.2) is 15.3 Å². The third-order valence-electron chi connectivity index (χ3n) is 5.69. The summed E-state index contributed by atoms with van der Waals surface area (Å²) in [5.74, 6) is 0.262. The van der Waals surface area contributed by atoms with Crippen molar-refractivity contribution in [2.24, 2.45) is 0 Å². The van der Waals surface area contributed by atoms with Crippen LogP contribution in [0.3, 0.4) is 0 Å². The van der Waals surface area contributed by atoms with Crippen molar-refractivity contribution in [1.29, 1.82) is 0 Å². The lowest BCUT2D eigenvalue weighted by Crippen LogP contribution is -2.46. The number of nitrogens with zero attached hydrogens (tertiary/aromatic N) is 3. The first-order valence-electron chi connectivity index (χ1n) is 10.6. The molecule has 1 atom stereocenters. The molecule has 0 bridgehead atoms. The van der Waals surface area contributed by atoms with Crippen LogP contribution in [0.25, 0.3) is 17.0 Å². The lowest BCUT2D eigenvalue weighted by Gasteiger charge is -2.37. The highest BCUT2D eigenvalue weighted by Gasteiger charge is 2.34. The molecule has 0 saturated carbocycles. The molecule has 1 N–H and O–H groups in total. The number of anilines is 1. The molecule has 0 fully saturated rings. The maximum Gasteiger partial charge on any atom is 0.258 e. The predicted molar refractivity (Wildman–Crippen MR) is 136 cm³/mol. The highest BCUT2D eigenvalue weighted by molar-refractivity contribution is 7.80. The smallest absolute Gasteiger partial charge is 0.258 e. The topological polar surface area (TPSA) is 54.2 Å². The second-order valence-corrected chi connectivity index (χ2v) is 8.86. The van der Waals surface area contributed by atoms with Gasteiger partial charge in [-0.3, -0.25) is 4.90 Å². The lowest BCUT2D eigenvalue weighted by molar-refractivity contribution is 0.404. The molecule has 1 aliphatic rings. The van der Waals surface area contributed by atoms with Gasteiger partial charge in [0.15, 0.2) is 5.11 Å². The van der Waals surface area contributed by atoms with E-state index in [1.807, 2.05) is 61.2 Å². The molecule has 4 aromatic rings. The number of thiocarbonyl (C=S) groups is 1. The molecule has 0 amide bonds. The van der Waals surface area contributed by atoms with E-state index >= 15 is 0 Å². The third kappa shape index (κ3) is 4.20. The molecule has 170 valence electrons. The third-order valence-corrected chi connectivity index (χ3v) is 6.24. The van der Waals surface area contributed by atoms with E-state index in [2.05, 4.69) is 21.5 Å². The van der Waals surface area contributed by atoms with Gasteiger partial charge in [0.1, 0.15) is 5.82 Å². The van der Waals surface area contributed by atoms with Crippen molar-refractivity contribution in [3.05, 3.63) is 106 Å². The van der Waals surface area contributed by atoms with Crippen LogP contribution in [0.4, 0.5) is 10.1 Å². The number of rotatable bonds is 4. The van der Waals surface area contributed by atoms with E-state index in [-0.39, 0.29) is 11.9 Å². The Kier molecular flexibility index (Phi) is 5.89. The summed E-state index contributed by atoms with van der Waals surface area (Å²) in [6.45, 7) is 4.00. The van der Waals surface area contributed by atoms with Gasteiger partial charge in [-0.15, -0.1) is 0 Å². The second kappa shape index (κ2) is 9.00. The van der Waals surface area contributed by atoms with E-state index in [0.717, 1.165) is 28.1 Å². The van der Waals surface area contributed by atoms with Gasteiger partial charge in [-0.2, -0.15) is 4.98 Å². The summed E-state index contributed by atoms with van der Waals surface area (Å²) in [4.78, 5) is 6.58. The summed E-state index contributed by atoms with van der Waals surface area (Å²) in [6, 6.07) is 21.4. The van der Waals surface area contributed by atoms with Crippen LogP contribution < -0.4 is 10.2 Å². The number of nitrogens with one attached hydrogen (secondary N) is 1. The standard InChI is InChI=1S/C26H20ClFN4OS/c1-15-5-3-8-21(13-15)32-16(2)22(23(29-26(32)34)17-9-11-19(27)12-10-17)25-30-24(31-33-25)18-6-4-7-20(28)14-18/h3-14,23H,1-2H3,(H,29,34). The molecule has 0 aliphatic carbocycles. The van der Waals surface area contributed by atoms with Crippen molar-refractivity contribution in [2.75, 3.05) is 4.90 Å². The van der Waals surface area contributed by atoms with Crippen molar-refractivity contribution in [3.8, 4) is 11.4 Å². The summed E-state index contributed by atoms with van der Waals surface area (Å²) < 4.78 is 19.5. The molecule has 1 unspecified atom stereocenters. The lowest BCUT2D eigenvalue weighted by atomic mass is 9.94. The Labute approximate surface area is 206 Å². The summed E-state index contributed by atoms with van der Waals surface area (Å²) in [5, 5.41) is 8.74. The highest BCUT2D eigenvalue weighted by Crippen LogP contribution is 2.39. The largest absolute Gasteiger partial charge is 0.351 e. The number of halogens is 2. The first-order valence-corrected chi connectivity index (χ1v) is 11.4. The van der Waals surface area contributed by atoms with Crippen LogP contribution in [0.1, 0.15) is 30.0 Å². The van der Waals surface area contributed by atoms with E-state index in [1.54, 1.807) is 12.1 Å². The first kappa shape index (κ1) is 22.3. The zero-order valence-electron chi connectivity index (χ0n) is 18.4. The molecule has 0 saturated heterocycles. The first-order chi connectivity index (χ1) is 16.4. The van der Waals surface area contributed by atoms with Gasteiger partial charge in [-0.25, -0.2) is 4.39 Å². The van der Waals surface area contributed by atoms with Gasteiger partial charge in [-0.05, 0) is 73.6 Å². The Morgan fingerprint density at radius 3 is 2.53 bits per heavy atom. The Morgan fingerprint density at radius 1 is 1.03 bits per heavy atom. The van der Waals surface area contributed by atoms with Crippen molar-refractivity contribution >= 4 is 40.2 Å². The number of aromatic nitrogens is 2. The highest BCUT2D eigenvalue weighted by atomic mass is 35.5. The quantitative estimate of drug-likeness (QED) is 0.321. The van der Waals surface area contributed by atoms with Crippen LogP contribution in [0.5, 0.6) is 0 Å². The molecule has 0 spiro atoms. The average Bonchev–Trinajstić information content (AvgIpc) is 3.29. The Morgan fingerprint density at radius 2 is 1.79 bits per heavy atom. The molecule has 34 heavy (non-hydrogen) atoms. The maximum atomic E-state index is 13.8. The van der Waals surface area contributed by atoms with Gasteiger partial charge in [0, 0.05) is 22.0 Å². The van der Waals surface area contributed by atoms with Gasteiger partial charge in [0.2, 0.25) is 5.82 Å². The fourth-order valence-electron chi connectivity index (χ4n) is 4.08. The van der Waals surface area contributed by atoms with Gasteiger partial charge >= 0.3 is 0 Å². The van der Waals surface area contributed by atoms with E-state index in [1.165, 1.54) is 12.1 Å². The molecule has 5 nitrogen and oxygen atoms in total. The minimum absolute atomic E-state index is 0.305. The minimum atomic E-state index is -0.367. The van der Waals surface area contributed by atoms with Crippen LogP contribution >= 0.6 is 23.8 Å². The van der Waals surface area contributed by atoms with Gasteiger partial charge in [-0.1, -0.05) is 53.2 Å². The maximum absolute atomic E-state index is 13.8. The van der Waals surface area contributed by atoms with Gasteiger partial charge in [0.25, 0.3) is 5.89 Å². The van der Waals surface area contributed by atoms with E-state index in [4.69, 9.17) is 28.3 Å². The normalized spacial score (nSPS) is 16.1. The number of aryl methyl sites for hydroxylation is 1. The molecule has 1 aliphatic heterocycles. The van der Waals surface area contributed by atoms with Crippen molar-refractivity contribution in [3.63, 3.8) is 0 Å². The fraction of sp³-hybridized carbons (Fsp3) is 0.115. The van der Waals surface area contributed by atoms with Crippen LogP contribution in [-0.2, 0) is 0 Å². The van der Waals surface area contributed by atoms with E-state index in [9.17, 15) is 4.39 Å². The van der Waals surface area contributed by atoms with Gasteiger partial charge < -0.3 is 9.84 Å². The van der Waals surface area contributed by atoms with Crippen LogP contribution in [0.15, 0.2) is 83.0 Å². The SMILES string of the molecule is CC1=C(c2nc(-c3cccc(F)c3)no2)C(c2ccc(Cl)cc2)NC(=S)N1c1cccc(C)c1. The zero-order valence-corrected chi connectivity index (χ0v) is 20.0. The molecule has 0 radical (unpaired) electrons. The van der Waals surface area contributed by atoms with E-state index in [0.29, 0.717) is 27.4 Å².